The Labute approximate surface area is 161 Å². The molecule has 0 aliphatic rings. The largest absolute Gasteiger partial charge is 0.481 e. The van der Waals surface area contributed by atoms with Gasteiger partial charge >= 0.3 is 6.18 Å². The van der Waals surface area contributed by atoms with Crippen LogP contribution in [0.1, 0.15) is 12.5 Å². The second-order valence-corrected chi connectivity index (χ2v) is 8.07. The summed E-state index contributed by atoms with van der Waals surface area (Å²) in [5, 5.41) is 2.37. The maximum Gasteiger partial charge on any atom is 0.416 e. The van der Waals surface area contributed by atoms with Crippen molar-refractivity contribution < 1.29 is 31.1 Å². The van der Waals surface area contributed by atoms with Gasteiger partial charge in [0.1, 0.15) is 5.75 Å². The molecule has 1 N–H and O–H groups in total. The van der Waals surface area contributed by atoms with Gasteiger partial charge in [-0.3, -0.25) is 9.10 Å². The van der Waals surface area contributed by atoms with Crippen LogP contribution in [-0.2, 0) is 21.0 Å². The number of hydrogen-bond acceptors (Lipinski definition) is 4. The van der Waals surface area contributed by atoms with Crippen molar-refractivity contribution >= 4 is 27.3 Å². The summed E-state index contributed by atoms with van der Waals surface area (Å²) < 4.78 is 67.8. The predicted molar refractivity (Wildman–Crippen MR) is 99.9 cm³/mol. The minimum absolute atomic E-state index is 0.000370. The number of halogens is 3. The number of hydrogen-bond donors (Lipinski definition) is 1. The Balaban J connectivity index is 2.03. The second-order valence-electron chi connectivity index (χ2n) is 6.05. The lowest BCUT2D eigenvalue weighted by atomic mass is 10.2. The number of amides is 1. The zero-order valence-electron chi connectivity index (χ0n) is 15.3. The molecule has 0 bridgehead atoms. The van der Waals surface area contributed by atoms with Crippen molar-refractivity contribution in [2.24, 2.45) is 0 Å². The Morgan fingerprint density at radius 1 is 1.14 bits per heavy atom. The van der Waals surface area contributed by atoms with E-state index < -0.39 is 33.8 Å². The van der Waals surface area contributed by atoms with E-state index in [0.29, 0.717) is 11.4 Å². The van der Waals surface area contributed by atoms with Crippen molar-refractivity contribution in [1.29, 1.82) is 0 Å². The first-order valence-corrected chi connectivity index (χ1v) is 9.91. The number of alkyl halides is 3. The van der Waals surface area contributed by atoms with Gasteiger partial charge in [0.15, 0.2) is 6.10 Å². The third-order valence-corrected chi connectivity index (χ3v) is 5.04. The molecule has 0 fully saturated rings. The molecule has 0 heterocycles. The van der Waals surface area contributed by atoms with Crippen molar-refractivity contribution in [2.45, 2.75) is 19.2 Å². The minimum Gasteiger partial charge on any atom is -0.481 e. The lowest BCUT2D eigenvalue weighted by molar-refractivity contribution is -0.137. The highest BCUT2D eigenvalue weighted by atomic mass is 32.2. The zero-order chi connectivity index (χ0) is 21.1. The fourth-order valence-electron chi connectivity index (χ4n) is 2.20. The number of nitrogens with zero attached hydrogens (tertiary/aromatic N) is 1. The van der Waals surface area contributed by atoms with E-state index in [0.717, 1.165) is 22.7 Å². The number of nitrogens with one attached hydrogen (secondary N) is 1. The van der Waals surface area contributed by atoms with E-state index in [2.05, 4.69) is 5.32 Å². The second kappa shape index (κ2) is 8.09. The molecule has 0 saturated heterocycles. The van der Waals surface area contributed by atoms with Crippen LogP contribution in [0.2, 0.25) is 0 Å². The van der Waals surface area contributed by atoms with E-state index in [9.17, 15) is 26.4 Å². The number of ether oxygens (including phenoxy) is 1. The van der Waals surface area contributed by atoms with E-state index in [-0.39, 0.29) is 5.69 Å². The average Bonchev–Trinajstić information content (AvgIpc) is 2.60. The smallest absolute Gasteiger partial charge is 0.416 e. The Kier molecular flexibility index (Phi) is 6.23. The Morgan fingerprint density at radius 2 is 1.75 bits per heavy atom. The third kappa shape index (κ3) is 5.62. The van der Waals surface area contributed by atoms with Gasteiger partial charge in [0.05, 0.1) is 17.5 Å². The Bertz CT molecular complexity index is 944. The van der Waals surface area contributed by atoms with E-state index >= 15 is 0 Å². The van der Waals surface area contributed by atoms with Crippen LogP contribution in [0.25, 0.3) is 0 Å². The highest BCUT2D eigenvalue weighted by molar-refractivity contribution is 7.92. The summed E-state index contributed by atoms with van der Waals surface area (Å²) >= 11 is 0. The molecule has 0 aliphatic carbocycles. The summed E-state index contributed by atoms with van der Waals surface area (Å²) in [6.07, 6.45) is -4.44. The average molecular weight is 416 g/mol. The summed E-state index contributed by atoms with van der Waals surface area (Å²) in [5.41, 5.74) is -0.458. The standard InChI is InChI=1S/C18H19F3N2O4S/c1-12(17(24)22-14-6-4-5-13(11-14)18(19,20)21)27-16-9-7-15(8-10-16)23(2)28(3,25)26/h4-12H,1-3H3,(H,22,24)/t12-/m0/s1. The van der Waals surface area contributed by atoms with E-state index in [1.807, 2.05) is 0 Å². The molecule has 28 heavy (non-hydrogen) atoms. The molecule has 0 saturated carbocycles. The molecule has 2 rings (SSSR count). The molecule has 1 amide bonds. The molecule has 0 unspecified atom stereocenters. The number of carbonyl (C=O) groups is 1. The van der Waals surface area contributed by atoms with E-state index in [1.54, 1.807) is 0 Å². The highest BCUT2D eigenvalue weighted by Gasteiger charge is 2.30. The zero-order valence-corrected chi connectivity index (χ0v) is 16.1. The molecule has 152 valence electrons. The molecule has 6 nitrogen and oxygen atoms in total. The van der Waals surface area contributed by atoms with E-state index in [1.165, 1.54) is 50.4 Å². The van der Waals surface area contributed by atoms with Crippen LogP contribution in [-0.4, -0.2) is 33.7 Å². The predicted octanol–water partition coefficient (Wildman–Crippen LogP) is 3.51. The fraction of sp³-hybridized carbons (Fsp3) is 0.278. The first-order valence-electron chi connectivity index (χ1n) is 8.06. The number of rotatable bonds is 6. The van der Waals surface area contributed by atoms with Gasteiger partial charge < -0.3 is 10.1 Å². The van der Waals surface area contributed by atoms with Gasteiger partial charge in [0.25, 0.3) is 5.91 Å². The maximum absolute atomic E-state index is 12.7. The molecule has 2 aromatic carbocycles. The summed E-state index contributed by atoms with van der Waals surface area (Å²) in [4.78, 5) is 12.2. The van der Waals surface area contributed by atoms with Gasteiger partial charge in [0, 0.05) is 12.7 Å². The molecule has 0 spiro atoms. The SMILES string of the molecule is C[C@H](Oc1ccc(N(C)S(C)(=O)=O)cc1)C(=O)Nc1cccc(C(F)(F)F)c1. The van der Waals surface area contributed by atoms with Gasteiger partial charge in [0.2, 0.25) is 10.0 Å². The molecule has 10 heteroatoms. The van der Waals surface area contributed by atoms with E-state index in [4.69, 9.17) is 4.74 Å². The molecule has 2 aromatic rings. The monoisotopic (exact) mass is 416 g/mol. The molecule has 0 aliphatic heterocycles. The van der Waals surface area contributed by atoms with Crippen molar-refractivity contribution in [3.63, 3.8) is 0 Å². The van der Waals surface area contributed by atoms with Crippen molar-refractivity contribution in [1.82, 2.24) is 0 Å². The van der Waals surface area contributed by atoms with Crippen LogP contribution in [0.4, 0.5) is 24.5 Å². The van der Waals surface area contributed by atoms with Crippen LogP contribution in [0.5, 0.6) is 5.75 Å². The van der Waals surface area contributed by atoms with Gasteiger partial charge in [-0.15, -0.1) is 0 Å². The summed E-state index contributed by atoms with van der Waals surface area (Å²) in [6, 6.07) is 10.3. The van der Waals surface area contributed by atoms with Gasteiger partial charge in [-0.05, 0) is 49.4 Å². The maximum atomic E-state index is 12.7. The number of anilines is 2. The van der Waals surface area contributed by atoms with Gasteiger partial charge in [-0.2, -0.15) is 13.2 Å². The first kappa shape index (κ1) is 21.5. The lowest BCUT2D eigenvalue weighted by Crippen LogP contribution is -2.30. The van der Waals surface area contributed by atoms with Gasteiger partial charge in [-0.25, -0.2) is 8.42 Å². The molecule has 1 atom stereocenters. The number of benzene rings is 2. The normalized spacial score (nSPS) is 12.9. The van der Waals surface area contributed by atoms with Crippen LogP contribution < -0.4 is 14.4 Å². The number of sulfonamides is 1. The lowest BCUT2D eigenvalue weighted by Gasteiger charge is -2.18. The topological polar surface area (TPSA) is 75.7 Å². The van der Waals surface area contributed by atoms with Crippen LogP contribution in [0.15, 0.2) is 48.5 Å². The quantitative estimate of drug-likeness (QED) is 0.782. The van der Waals surface area contributed by atoms with Gasteiger partial charge in [-0.1, -0.05) is 6.07 Å². The highest BCUT2D eigenvalue weighted by Crippen LogP contribution is 2.30. The van der Waals surface area contributed by atoms with Crippen LogP contribution >= 0.6 is 0 Å². The minimum atomic E-state index is -4.51. The van der Waals surface area contributed by atoms with Crippen LogP contribution in [0, 0.1) is 0 Å². The number of carbonyl (C=O) groups excluding carboxylic acids is 1. The third-order valence-electron chi connectivity index (χ3n) is 3.84. The van der Waals surface area contributed by atoms with Crippen molar-refractivity contribution in [3.8, 4) is 5.75 Å². The fourth-order valence-corrected chi connectivity index (χ4v) is 2.71. The summed E-state index contributed by atoms with van der Waals surface area (Å²) in [7, 11) is -2.01. The van der Waals surface area contributed by atoms with Crippen molar-refractivity contribution in [3.05, 3.63) is 54.1 Å². The Hall–Kier alpha value is -2.75. The summed E-state index contributed by atoms with van der Waals surface area (Å²) in [5.74, 6) is -0.325. The first-order chi connectivity index (χ1) is 12.9. The van der Waals surface area contributed by atoms with Crippen LogP contribution in [0.3, 0.4) is 0 Å². The molecular weight excluding hydrogens is 397 g/mol. The molecule has 0 radical (unpaired) electrons. The summed E-state index contributed by atoms with van der Waals surface area (Å²) in [6.45, 7) is 1.44. The van der Waals surface area contributed by atoms with Crippen molar-refractivity contribution in [2.75, 3.05) is 22.9 Å². The molecular formula is C18H19F3N2O4S. The molecule has 0 aromatic heterocycles. The Morgan fingerprint density at radius 3 is 2.29 bits per heavy atom.